The molecule has 19 heavy (non-hydrogen) atoms. The van der Waals surface area contributed by atoms with Gasteiger partial charge in [0, 0.05) is 12.6 Å². The summed E-state index contributed by atoms with van der Waals surface area (Å²) in [6.45, 7) is 11.2. The summed E-state index contributed by atoms with van der Waals surface area (Å²) in [5, 5.41) is 15.2. The van der Waals surface area contributed by atoms with E-state index >= 15 is 0 Å². The van der Waals surface area contributed by atoms with Crippen molar-refractivity contribution in [2.75, 3.05) is 5.75 Å². The third kappa shape index (κ3) is 5.59. The number of nitrogens with zero attached hydrogens (tertiary/aromatic N) is 4. The third-order valence-electron chi connectivity index (χ3n) is 2.76. The molecule has 0 aliphatic carbocycles. The number of aromatic nitrogens is 4. The molecule has 1 N–H and O–H groups in total. The summed E-state index contributed by atoms with van der Waals surface area (Å²) >= 11 is 1.37. The number of rotatable bonds is 7. The van der Waals surface area contributed by atoms with Crippen LogP contribution >= 0.6 is 11.8 Å². The zero-order valence-electron chi connectivity index (χ0n) is 12.3. The Morgan fingerprint density at radius 2 is 2.00 bits per heavy atom. The molecule has 0 aliphatic heterocycles. The molecule has 0 bridgehead atoms. The van der Waals surface area contributed by atoms with Gasteiger partial charge in [-0.05, 0) is 29.2 Å². The van der Waals surface area contributed by atoms with Crippen molar-refractivity contribution >= 4 is 17.7 Å². The Morgan fingerprint density at radius 3 is 2.58 bits per heavy atom. The van der Waals surface area contributed by atoms with Crippen LogP contribution in [0, 0.1) is 11.8 Å². The van der Waals surface area contributed by atoms with Crippen molar-refractivity contribution in [2.24, 2.45) is 11.8 Å². The fraction of sp³-hybridized carbons (Fsp3) is 0.833. The summed E-state index contributed by atoms with van der Waals surface area (Å²) in [4.78, 5) is 11.8. The average molecular weight is 285 g/mol. The van der Waals surface area contributed by atoms with Crippen LogP contribution in [0.25, 0.3) is 0 Å². The fourth-order valence-corrected chi connectivity index (χ4v) is 2.05. The molecule has 1 aromatic heterocycles. The monoisotopic (exact) mass is 285 g/mol. The Hall–Kier alpha value is -1.11. The zero-order valence-corrected chi connectivity index (χ0v) is 13.1. The van der Waals surface area contributed by atoms with E-state index in [0.717, 1.165) is 6.54 Å². The number of amides is 1. The van der Waals surface area contributed by atoms with Crippen LogP contribution in [0.5, 0.6) is 0 Å². The highest BCUT2D eigenvalue weighted by Crippen LogP contribution is 2.14. The van der Waals surface area contributed by atoms with E-state index in [1.165, 1.54) is 11.8 Å². The predicted octanol–water partition coefficient (Wildman–Crippen LogP) is 1.58. The van der Waals surface area contributed by atoms with Gasteiger partial charge in [0.1, 0.15) is 0 Å². The van der Waals surface area contributed by atoms with Gasteiger partial charge in [-0.25, -0.2) is 4.68 Å². The molecule has 1 atom stereocenters. The summed E-state index contributed by atoms with van der Waals surface area (Å²) in [5.41, 5.74) is 0. The fourth-order valence-electron chi connectivity index (χ4n) is 1.35. The second-order valence-corrected chi connectivity index (χ2v) is 6.37. The quantitative estimate of drug-likeness (QED) is 0.770. The number of hydrogen-bond acceptors (Lipinski definition) is 5. The molecule has 6 nitrogen and oxygen atoms in total. The van der Waals surface area contributed by atoms with Gasteiger partial charge in [-0.3, -0.25) is 4.79 Å². The molecule has 0 spiro atoms. The first kappa shape index (κ1) is 15.9. The van der Waals surface area contributed by atoms with Gasteiger partial charge in [0.05, 0.1) is 5.75 Å². The van der Waals surface area contributed by atoms with E-state index in [4.69, 9.17) is 0 Å². The van der Waals surface area contributed by atoms with Crippen LogP contribution in [-0.4, -0.2) is 37.9 Å². The minimum absolute atomic E-state index is 0.0188. The van der Waals surface area contributed by atoms with Crippen molar-refractivity contribution in [2.45, 2.75) is 52.4 Å². The van der Waals surface area contributed by atoms with Crippen LogP contribution in [0.2, 0.25) is 0 Å². The molecule has 108 valence electrons. The van der Waals surface area contributed by atoms with Gasteiger partial charge in [-0.1, -0.05) is 39.5 Å². The Morgan fingerprint density at radius 1 is 1.32 bits per heavy atom. The van der Waals surface area contributed by atoms with Crippen LogP contribution in [-0.2, 0) is 11.3 Å². The molecule has 0 saturated carbocycles. The SMILES string of the molecule is CC(C)Cn1nnnc1SCC(=O)NC(C)C(C)C. The molecule has 0 aliphatic rings. The van der Waals surface area contributed by atoms with Gasteiger partial charge in [0.25, 0.3) is 0 Å². The van der Waals surface area contributed by atoms with E-state index in [1.807, 2.05) is 6.92 Å². The van der Waals surface area contributed by atoms with Crippen molar-refractivity contribution < 1.29 is 4.79 Å². The van der Waals surface area contributed by atoms with Crippen molar-refractivity contribution in [3.05, 3.63) is 0 Å². The second kappa shape index (κ2) is 7.47. The largest absolute Gasteiger partial charge is 0.353 e. The smallest absolute Gasteiger partial charge is 0.230 e. The topological polar surface area (TPSA) is 72.7 Å². The number of tetrazole rings is 1. The highest BCUT2D eigenvalue weighted by molar-refractivity contribution is 7.99. The van der Waals surface area contributed by atoms with Crippen LogP contribution < -0.4 is 5.32 Å². The Balaban J connectivity index is 2.44. The normalized spacial score (nSPS) is 13.0. The molecule has 1 amide bonds. The van der Waals surface area contributed by atoms with Gasteiger partial charge in [0.2, 0.25) is 11.1 Å². The second-order valence-electron chi connectivity index (χ2n) is 5.43. The van der Waals surface area contributed by atoms with E-state index in [1.54, 1.807) is 4.68 Å². The molecule has 0 saturated heterocycles. The summed E-state index contributed by atoms with van der Waals surface area (Å²) in [7, 11) is 0. The lowest BCUT2D eigenvalue weighted by Gasteiger charge is -2.17. The van der Waals surface area contributed by atoms with Crippen molar-refractivity contribution in [1.29, 1.82) is 0 Å². The lowest BCUT2D eigenvalue weighted by Crippen LogP contribution is -2.37. The van der Waals surface area contributed by atoms with Gasteiger partial charge in [-0.2, -0.15) is 0 Å². The summed E-state index contributed by atoms with van der Waals surface area (Å²) < 4.78 is 1.74. The van der Waals surface area contributed by atoms with Crippen LogP contribution in [0.1, 0.15) is 34.6 Å². The average Bonchev–Trinajstić information content (AvgIpc) is 2.72. The molecule has 0 radical (unpaired) electrons. The molecule has 7 heteroatoms. The molecule has 1 unspecified atom stereocenters. The molecule has 1 heterocycles. The number of carbonyl (C=O) groups excluding carboxylic acids is 1. The number of hydrogen-bond donors (Lipinski definition) is 1. The van der Waals surface area contributed by atoms with E-state index in [0.29, 0.717) is 22.7 Å². The highest BCUT2D eigenvalue weighted by atomic mass is 32.2. The van der Waals surface area contributed by atoms with Gasteiger partial charge >= 0.3 is 0 Å². The van der Waals surface area contributed by atoms with Gasteiger partial charge < -0.3 is 5.32 Å². The third-order valence-corrected chi connectivity index (χ3v) is 3.72. The minimum atomic E-state index is 0.0188. The summed E-state index contributed by atoms with van der Waals surface area (Å²) in [6, 6.07) is 0.180. The van der Waals surface area contributed by atoms with Crippen LogP contribution in [0.15, 0.2) is 5.16 Å². The molecule has 0 aromatic carbocycles. The maximum atomic E-state index is 11.8. The molecular weight excluding hydrogens is 262 g/mol. The van der Waals surface area contributed by atoms with E-state index < -0.39 is 0 Å². The lowest BCUT2D eigenvalue weighted by atomic mass is 10.1. The van der Waals surface area contributed by atoms with Crippen molar-refractivity contribution in [1.82, 2.24) is 25.5 Å². The lowest BCUT2D eigenvalue weighted by molar-refractivity contribution is -0.119. The molecule has 0 fully saturated rings. The molecular formula is C12H23N5OS. The first-order chi connectivity index (χ1) is 8.90. The first-order valence-electron chi connectivity index (χ1n) is 6.58. The highest BCUT2D eigenvalue weighted by Gasteiger charge is 2.13. The van der Waals surface area contributed by atoms with Crippen molar-refractivity contribution in [3.63, 3.8) is 0 Å². The van der Waals surface area contributed by atoms with Crippen LogP contribution in [0.3, 0.4) is 0 Å². The number of thioether (sulfide) groups is 1. The van der Waals surface area contributed by atoms with E-state index in [-0.39, 0.29) is 11.9 Å². The minimum Gasteiger partial charge on any atom is -0.353 e. The van der Waals surface area contributed by atoms with Crippen LogP contribution in [0.4, 0.5) is 0 Å². The Bertz CT molecular complexity index is 405. The van der Waals surface area contributed by atoms with Gasteiger partial charge in [0.15, 0.2) is 0 Å². The zero-order chi connectivity index (χ0) is 14.4. The number of carbonyl (C=O) groups is 1. The summed E-state index contributed by atoms with van der Waals surface area (Å²) in [5.74, 6) is 1.26. The predicted molar refractivity (Wildman–Crippen MR) is 75.8 cm³/mol. The first-order valence-corrected chi connectivity index (χ1v) is 7.57. The van der Waals surface area contributed by atoms with E-state index in [9.17, 15) is 4.79 Å². The summed E-state index contributed by atoms with van der Waals surface area (Å²) in [6.07, 6.45) is 0. The Labute approximate surface area is 118 Å². The van der Waals surface area contributed by atoms with E-state index in [2.05, 4.69) is 48.5 Å². The maximum Gasteiger partial charge on any atom is 0.230 e. The Kier molecular flexibility index (Phi) is 6.27. The molecule has 1 rings (SSSR count). The van der Waals surface area contributed by atoms with Crippen molar-refractivity contribution in [3.8, 4) is 0 Å². The standard InChI is InChI=1S/C12H23N5OS/c1-8(2)6-17-12(14-15-16-17)19-7-11(18)13-10(5)9(3)4/h8-10H,6-7H2,1-5H3,(H,13,18). The number of nitrogens with one attached hydrogen (secondary N) is 1. The molecule has 1 aromatic rings. The maximum absolute atomic E-state index is 11.8. The van der Waals surface area contributed by atoms with Gasteiger partial charge in [-0.15, -0.1) is 5.10 Å².